The van der Waals surface area contributed by atoms with Gasteiger partial charge in [-0.1, -0.05) is 41.3 Å². The number of carbonyl (C=O) groups excluding carboxylic acids is 2. The van der Waals surface area contributed by atoms with E-state index in [-0.39, 0.29) is 10.9 Å². The van der Waals surface area contributed by atoms with E-state index in [4.69, 9.17) is 0 Å². The van der Waals surface area contributed by atoms with Gasteiger partial charge in [0, 0.05) is 0 Å². The fourth-order valence-corrected chi connectivity index (χ4v) is 4.85. The molecule has 1 atom stereocenters. The van der Waals surface area contributed by atoms with Crippen LogP contribution in [0.25, 0.3) is 0 Å². The van der Waals surface area contributed by atoms with Gasteiger partial charge in [-0.3, -0.25) is 19.2 Å². The average molecular weight is 431 g/mol. The van der Waals surface area contributed by atoms with Gasteiger partial charge in [0.25, 0.3) is 0 Å². The number of hydrogen-bond donors (Lipinski definition) is 1. The fourth-order valence-electron chi connectivity index (χ4n) is 2.09. The van der Waals surface area contributed by atoms with Crippen LogP contribution >= 0.6 is 23.1 Å². The molecule has 1 N–H and O–H groups in total. The van der Waals surface area contributed by atoms with Crippen LogP contribution in [-0.2, 0) is 24.3 Å². The second-order valence-electron chi connectivity index (χ2n) is 5.30. The predicted molar refractivity (Wildman–Crippen MR) is 105 cm³/mol. The van der Waals surface area contributed by atoms with Crippen molar-refractivity contribution in [3.63, 3.8) is 0 Å². The summed E-state index contributed by atoms with van der Waals surface area (Å²) >= 11 is 2.21. The molecule has 2 rings (SSSR count). The molecule has 0 bridgehead atoms. The van der Waals surface area contributed by atoms with Gasteiger partial charge in [0.1, 0.15) is 6.04 Å². The minimum atomic E-state index is -3.69. The Morgan fingerprint density at radius 1 is 1.30 bits per heavy atom. The molecule has 1 amide bonds. The number of anilines is 2. The molecule has 0 saturated heterocycles. The summed E-state index contributed by atoms with van der Waals surface area (Å²) in [5.74, 6) is -0.878. The summed E-state index contributed by atoms with van der Waals surface area (Å²) in [5, 5.41) is 10.5. The molecule has 2 aromatic rings. The molecule has 0 aliphatic carbocycles. The van der Waals surface area contributed by atoms with Gasteiger partial charge in [-0.2, -0.15) is 0 Å². The number of carbonyl (C=O) groups is 2. The molecule has 0 aliphatic heterocycles. The van der Waals surface area contributed by atoms with E-state index in [2.05, 4.69) is 20.3 Å². The topological polar surface area (TPSA) is 119 Å². The standard InChI is InChI=1S/C15H18N4O5S3/c1-10(19(27(3,22)23)11-7-5-4-6-8-11)13(21)16-14-17-18-15(26-14)25-9-12(20)24-2/h4-8,10H,9H2,1-3H3,(H,16,17,21)/t10-/m0/s1. The second kappa shape index (κ2) is 9.15. The van der Waals surface area contributed by atoms with E-state index in [0.717, 1.165) is 33.7 Å². The molecule has 0 spiro atoms. The van der Waals surface area contributed by atoms with Gasteiger partial charge in [-0.05, 0) is 19.1 Å². The van der Waals surface area contributed by atoms with Crippen molar-refractivity contribution in [2.75, 3.05) is 28.7 Å². The number of rotatable bonds is 8. The van der Waals surface area contributed by atoms with E-state index < -0.39 is 27.9 Å². The van der Waals surface area contributed by atoms with E-state index >= 15 is 0 Å². The van der Waals surface area contributed by atoms with Crippen LogP contribution in [0.5, 0.6) is 0 Å². The van der Waals surface area contributed by atoms with Gasteiger partial charge >= 0.3 is 5.97 Å². The third kappa shape index (κ3) is 5.91. The van der Waals surface area contributed by atoms with Crippen molar-refractivity contribution in [2.45, 2.75) is 17.3 Å². The van der Waals surface area contributed by atoms with Crippen molar-refractivity contribution < 1.29 is 22.7 Å². The monoisotopic (exact) mass is 430 g/mol. The highest BCUT2D eigenvalue weighted by atomic mass is 32.2. The molecule has 0 saturated carbocycles. The number of hydrogen-bond acceptors (Lipinski definition) is 9. The molecular formula is C15H18N4O5S3. The van der Waals surface area contributed by atoms with Crippen molar-refractivity contribution in [1.82, 2.24) is 10.2 Å². The van der Waals surface area contributed by atoms with Crippen molar-refractivity contribution >= 4 is 55.8 Å². The number of amides is 1. The van der Waals surface area contributed by atoms with E-state index in [1.165, 1.54) is 14.0 Å². The highest BCUT2D eigenvalue weighted by Crippen LogP contribution is 2.26. The Hall–Kier alpha value is -2.18. The third-order valence-electron chi connectivity index (χ3n) is 3.28. The van der Waals surface area contributed by atoms with Crippen molar-refractivity contribution in [2.24, 2.45) is 0 Å². The lowest BCUT2D eigenvalue weighted by molar-refractivity contribution is -0.137. The summed E-state index contributed by atoms with van der Waals surface area (Å²) in [4.78, 5) is 23.7. The van der Waals surface area contributed by atoms with Gasteiger partial charge < -0.3 is 4.74 Å². The maximum Gasteiger partial charge on any atom is 0.316 e. The first-order chi connectivity index (χ1) is 12.7. The largest absolute Gasteiger partial charge is 0.468 e. The molecule has 27 heavy (non-hydrogen) atoms. The molecule has 1 aromatic heterocycles. The van der Waals surface area contributed by atoms with Crippen LogP contribution in [-0.4, -0.2) is 55.7 Å². The number of thioether (sulfide) groups is 1. The summed E-state index contributed by atoms with van der Waals surface area (Å²) in [6.07, 6.45) is 1.04. The molecule has 1 aromatic carbocycles. The molecule has 0 aliphatic rings. The summed E-state index contributed by atoms with van der Waals surface area (Å²) in [6.45, 7) is 1.48. The summed E-state index contributed by atoms with van der Waals surface area (Å²) < 4.78 is 30.4. The maximum atomic E-state index is 12.5. The minimum Gasteiger partial charge on any atom is -0.468 e. The van der Waals surface area contributed by atoms with Crippen LogP contribution in [0.2, 0.25) is 0 Å². The number of ether oxygens (including phenoxy) is 1. The molecule has 1 heterocycles. The van der Waals surface area contributed by atoms with E-state index in [1.54, 1.807) is 30.3 Å². The Morgan fingerprint density at radius 3 is 2.56 bits per heavy atom. The molecule has 9 nitrogen and oxygen atoms in total. The minimum absolute atomic E-state index is 0.0747. The van der Waals surface area contributed by atoms with Crippen LogP contribution in [0, 0.1) is 0 Å². The van der Waals surface area contributed by atoms with Gasteiger partial charge in [0.15, 0.2) is 4.34 Å². The molecule has 0 fully saturated rings. The first-order valence-corrected chi connectivity index (χ1v) is 11.3. The van der Waals surface area contributed by atoms with Crippen LogP contribution in [0.1, 0.15) is 6.92 Å². The summed E-state index contributed by atoms with van der Waals surface area (Å²) in [7, 11) is -2.40. The molecule has 12 heteroatoms. The summed E-state index contributed by atoms with van der Waals surface area (Å²) in [5.41, 5.74) is 0.384. The lowest BCUT2D eigenvalue weighted by Crippen LogP contribution is -2.45. The quantitative estimate of drug-likeness (QED) is 0.381. The third-order valence-corrected chi connectivity index (χ3v) is 6.46. The first-order valence-electron chi connectivity index (χ1n) is 7.61. The van der Waals surface area contributed by atoms with Gasteiger partial charge in [-0.25, -0.2) is 8.42 Å². The first kappa shape index (κ1) is 21.1. The Kier molecular flexibility index (Phi) is 7.16. The Bertz CT molecular complexity index is 901. The van der Waals surface area contributed by atoms with E-state index in [9.17, 15) is 18.0 Å². The number of nitrogens with one attached hydrogen (secondary N) is 1. The average Bonchev–Trinajstić information content (AvgIpc) is 3.06. The maximum absolute atomic E-state index is 12.5. The predicted octanol–water partition coefficient (Wildman–Crippen LogP) is 1.60. The van der Waals surface area contributed by atoms with Crippen molar-refractivity contribution in [1.29, 1.82) is 0 Å². The number of methoxy groups -OCH3 is 1. The molecular weight excluding hydrogens is 412 g/mol. The smallest absolute Gasteiger partial charge is 0.316 e. The van der Waals surface area contributed by atoms with Crippen molar-refractivity contribution in [3.8, 4) is 0 Å². The lowest BCUT2D eigenvalue weighted by Gasteiger charge is -2.27. The Balaban J connectivity index is 2.10. The van der Waals surface area contributed by atoms with Gasteiger partial charge in [-0.15, -0.1) is 10.2 Å². The van der Waals surface area contributed by atoms with Crippen LogP contribution in [0.15, 0.2) is 34.7 Å². The highest BCUT2D eigenvalue weighted by Gasteiger charge is 2.29. The number of sulfonamides is 1. The normalized spacial score (nSPS) is 12.3. The van der Waals surface area contributed by atoms with Crippen molar-refractivity contribution in [3.05, 3.63) is 30.3 Å². The van der Waals surface area contributed by atoms with Crippen LogP contribution in [0.4, 0.5) is 10.8 Å². The molecule has 0 unspecified atom stereocenters. The SMILES string of the molecule is COC(=O)CSc1nnc(NC(=O)[C@H](C)N(c2ccccc2)S(C)(=O)=O)s1. The second-order valence-corrected chi connectivity index (χ2v) is 9.36. The van der Waals surface area contributed by atoms with Gasteiger partial charge in [0.2, 0.25) is 21.1 Å². The zero-order valence-corrected chi connectivity index (χ0v) is 17.2. The van der Waals surface area contributed by atoms with E-state index in [0.29, 0.717) is 10.0 Å². The zero-order valence-electron chi connectivity index (χ0n) is 14.8. The van der Waals surface area contributed by atoms with Gasteiger partial charge in [0.05, 0.1) is 24.8 Å². The lowest BCUT2D eigenvalue weighted by atomic mass is 10.2. The molecule has 146 valence electrons. The van der Waals surface area contributed by atoms with Crippen LogP contribution < -0.4 is 9.62 Å². The Labute approximate surface area is 165 Å². The molecule has 0 radical (unpaired) electrons. The number of esters is 1. The number of benzene rings is 1. The number of aromatic nitrogens is 2. The van der Waals surface area contributed by atoms with E-state index in [1.807, 2.05) is 0 Å². The fraction of sp³-hybridized carbons (Fsp3) is 0.333. The highest BCUT2D eigenvalue weighted by molar-refractivity contribution is 8.01. The van der Waals surface area contributed by atoms with Crippen LogP contribution in [0.3, 0.4) is 0 Å². The zero-order chi connectivity index (χ0) is 20.0. The Morgan fingerprint density at radius 2 is 1.96 bits per heavy atom. The number of nitrogens with zero attached hydrogens (tertiary/aromatic N) is 3. The number of para-hydroxylation sites is 1. The summed E-state index contributed by atoms with van der Waals surface area (Å²) in [6, 6.07) is 7.34.